The van der Waals surface area contributed by atoms with Gasteiger partial charge in [-0.25, -0.2) is 4.79 Å². The van der Waals surface area contributed by atoms with E-state index in [-0.39, 0.29) is 6.03 Å². The van der Waals surface area contributed by atoms with Crippen LogP contribution in [0.1, 0.15) is 17.0 Å². The predicted molar refractivity (Wildman–Crippen MR) is 68.3 cm³/mol. The Balaban J connectivity index is 1.90. The van der Waals surface area contributed by atoms with Crippen molar-refractivity contribution in [1.82, 2.24) is 10.5 Å². The first-order valence-corrected chi connectivity index (χ1v) is 5.68. The molecule has 0 saturated heterocycles. The number of anilines is 1. The zero-order valence-electron chi connectivity index (χ0n) is 10.4. The molecule has 5 heteroatoms. The molecule has 1 aromatic heterocycles. The van der Waals surface area contributed by atoms with E-state index >= 15 is 0 Å². The zero-order valence-corrected chi connectivity index (χ0v) is 10.4. The van der Waals surface area contributed by atoms with Crippen LogP contribution in [-0.4, -0.2) is 11.2 Å². The monoisotopic (exact) mass is 245 g/mol. The molecule has 2 amide bonds. The quantitative estimate of drug-likeness (QED) is 0.873. The Hall–Kier alpha value is -2.30. The van der Waals surface area contributed by atoms with Crippen molar-refractivity contribution in [2.24, 2.45) is 0 Å². The van der Waals surface area contributed by atoms with Crippen LogP contribution in [0.25, 0.3) is 0 Å². The Bertz CT molecular complexity index is 515. The molecule has 0 aliphatic carbocycles. The summed E-state index contributed by atoms with van der Waals surface area (Å²) < 4.78 is 4.97. The summed E-state index contributed by atoms with van der Waals surface area (Å²) in [7, 11) is 0. The van der Waals surface area contributed by atoms with E-state index in [0.717, 1.165) is 5.56 Å². The van der Waals surface area contributed by atoms with Crippen LogP contribution in [0.5, 0.6) is 0 Å². The van der Waals surface area contributed by atoms with E-state index in [0.29, 0.717) is 23.7 Å². The molecule has 2 aromatic rings. The molecule has 0 saturated carbocycles. The number of carbonyl (C=O) groups excluding carboxylic acids is 1. The molecule has 0 aliphatic rings. The average Bonchev–Trinajstić information content (AvgIpc) is 2.69. The van der Waals surface area contributed by atoms with Crippen LogP contribution in [-0.2, 0) is 6.54 Å². The van der Waals surface area contributed by atoms with E-state index < -0.39 is 0 Å². The number of nitrogens with one attached hydrogen (secondary N) is 2. The summed E-state index contributed by atoms with van der Waals surface area (Å²) in [6.07, 6.45) is 0. The lowest BCUT2D eigenvalue weighted by atomic mass is 10.2. The number of hydrogen-bond donors (Lipinski definition) is 2. The van der Waals surface area contributed by atoms with Crippen LogP contribution < -0.4 is 10.6 Å². The standard InChI is InChI=1S/C13H15N3O2/c1-9-12(10(2)18-16-9)15-13(17)14-8-11-6-4-3-5-7-11/h3-7H,8H2,1-2H3,(H2,14,15,17). The molecule has 1 aromatic carbocycles. The summed E-state index contributed by atoms with van der Waals surface area (Å²) in [6, 6.07) is 9.44. The maximum Gasteiger partial charge on any atom is 0.319 e. The van der Waals surface area contributed by atoms with Gasteiger partial charge in [0.2, 0.25) is 0 Å². The van der Waals surface area contributed by atoms with Gasteiger partial charge in [0.05, 0.1) is 0 Å². The number of benzene rings is 1. The largest absolute Gasteiger partial charge is 0.359 e. The highest BCUT2D eigenvalue weighted by Crippen LogP contribution is 2.18. The minimum Gasteiger partial charge on any atom is -0.359 e. The molecule has 0 spiro atoms. The van der Waals surface area contributed by atoms with Gasteiger partial charge in [-0.2, -0.15) is 0 Å². The molecule has 0 unspecified atom stereocenters. The summed E-state index contributed by atoms with van der Waals surface area (Å²) in [5, 5.41) is 9.26. The molecule has 2 rings (SSSR count). The van der Waals surface area contributed by atoms with Crippen molar-refractivity contribution in [2.75, 3.05) is 5.32 Å². The molecule has 94 valence electrons. The number of amides is 2. The molecule has 0 radical (unpaired) electrons. The number of rotatable bonds is 3. The minimum absolute atomic E-state index is 0.270. The maximum absolute atomic E-state index is 11.7. The summed E-state index contributed by atoms with van der Waals surface area (Å²) >= 11 is 0. The number of nitrogens with zero attached hydrogens (tertiary/aromatic N) is 1. The second kappa shape index (κ2) is 5.35. The Labute approximate surface area is 105 Å². The van der Waals surface area contributed by atoms with Crippen molar-refractivity contribution < 1.29 is 9.32 Å². The van der Waals surface area contributed by atoms with Crippen molar-refractivity contribution in [3.8, 4) is 0 Å². The van der Waals surface area contributed by atoms with E-state index in [1.54, 1.807) is 13.8 Å². The second-order valence-electron chi connectivity index (χ2n) is 3.99. The molecule has 0 atom stereocenters. The molecular formula is C13H15N3O2. The molecule has 0 bridgehead atoms. The number of urea groups is 1. The van der Waals surface area contributed by atoms with Gasteiger partial charge in [-0.15, -0.1) is 0 Å². The molecular weight excluding hydrogens is 230 g/mol. The maximum atomic E-state index is 11.7. The highest BCUT2D eigenvalue weighted by atomic mass is 16.5. The van der Waals surface area contributed by atoms with Gasteiger partial charge in [-0.1, -0.05) is 35.5 Å². The molecule has 2 N–H and O–H groups in total. The lowest BCUT2D eigenvalue weighted by Crippen LogP contribution is -2.28. The van der Waals surface area contributed by atoms with Gasteiger partial charge in [0.1, 0.15) is 11.4 Å². The van der Waals surface area contributed by atoms with E-state index in [1.165, 1.54) is 0 Å². The topological polar surface area (TPSA) is 67.2 Å². The van der Waals surface area contributed by atoms with Crippen molar-refractivity contribution in [3.05, 3.63) is 47.3 Å². The first-order valence-electron chi connectivity index (χ1n) is 5.68. The minimum atomic E-state index is -0.270. The van der Waals surface area contributed by atoms with Gasteiger partial charge in [-0.3, -0.25) is 0 Å². The number of aromatic nitrogens is 1. The second-order valence-corrected chi connectivity index (χ2v) is 3.99. The third-order valence-electron chi connectivity index (χ3n) is 2.57. The fourth-order valence-electron chi connectivity index (χ4n) is 1.60. The fourth-order valence-corrected chi connectivity index (χ4v) is 1.60. The summed E-state index contributed by atoms with van der Waals surface area (Å²) in [4.78, 5) is 11.7. The Morgan fingerprint density at radius 2 is 2.00 bits per heavy atom. The van der Waals surface area contributed by atoms with Gasteiger partial charge < -0.3 is 15.2 Å². The smallest absolute Gasteiger partial charge is 0.319 e. The molecule has 0 aliphatic heterocycles. The van der Waals surface area contributed by atoms with Crippen molar-refractivity contribution in [1.29, 1.82) is 0 Å². The highest BCUT2D eigenvalue weighted by molar-refractivity contribution is 5.90. The first kappa shape index (κ1) is 12.2. The van der Waals surface area contributed by atoms with Gasteiger partial charge in [0.15, 0.2) is 5.76 Å². The molecule has 1 heterocycles. The Morgan fingerprint density at radius 1 is 1.28 bits per heavy atom. The highest BCUT2D eigenvalue weighted by Gasteiger charge is 2.11. The molecule has 0 fully saturated rings. The number of aryl methyl sites for hydroxylation is 2. The van der Waals surface area contributed by atoms with Crippen molar-refractivity contribution in [3.63, 3.8) is 0 Å². The Kier molecular flexibility index (Phi) is 3.62. The average molecular weight is 245 g/mol. The SMILES string of the molecule is Cc1noc(C)c1NC(=O)NCc1ccccc1. The first-order chi connectivity index (χ1) is 8.66. The van der Waals surface area contributed by atoms with Crippen molar-refractivity contribution >= 4 is 11.7 Å². The molecule has 5 nitrogen and oxygen atoms in total. The van der Waals surface area contributed by atoms with Crippen LogP contribution in [0, 0.1) is 13.8 Å². The third kappa shape index (κ3) is 2.88. The van der Waals surface area contributed by atoms with E-state index in [9.17, 15) is 4.79 Å². The number of carbonyl (C=O) groups is 1. The van der Waals surface area contributed by atoms with Gasteiger partial charge in [0.25, 0.3) is 0 Å². The third-order valence-corrected chi connectivity index (χ3v) is 2.57. The van der Waals surface area contributed by atoms with Crippen LogP contribution >= 0.6 is 0 Å². The van der Waals surface area contributed by atoms with Gasteiger partial charge >= 0.3 is 6.03 Å². The Morgan fingerprint density at radius 3 is 2.61 bits per heavy atom. The summed E-state index contributed by atoms with van der Waals surface area (Å²) in [5.41, 5.74) is 2.34. The van der Waals surface area contributed by atoms with E-state index in [2.05, 4.69) is 15.8 Å². The summed E-state index contributed by atoms with van der Waals surface area (Å²) in [6.45, 7) is 4.02. The summed E-state index contributed by atoms with van der Waals surface area (Å²) in [5.74, 6) is 0.599. The normalized spacial score (nSPS) is 10.1. The molecule has 18 heavy (non-hydrogen) atoms. The van der Waals surface area contributed by atoms with Crippen molar-refractivity contribution in [2.45, 2.75) is 20.4 Å². The van der Waals surface area contributed by atoms with E-state index in [4.69, 9.17) is 4.52 Å². The lowest BCUT2D eigenvalue weighted by molar-refractivity contribution is 0.251. The van der Waals surface area contributed by atoms with Crippen LogP contribution in [0.3, 0.4) is 0 Å². The fraction of sp³-hybridized carbons (Fsp3) is 0.231. The predicted octanol–water partition coefficient (Wildman–Crippen LogP) is 2.61. The number of hydrogen-bond acceptors (Lipinski definition) is 3. The zero-order chi connectivity index (χ0) is 13.0. The van der Waals surface area contributed by atoms with Crippen LogP contribution in [0.2, 0.25) is 0 Å². The van der Waals surface area contributed by atoms with Gasteiger partial charge in [0, 0.05) is 6.54 Å². The van der Waals surface area contributed by atoms with E-state index in [1.807, 2.05) is 30.3 Å². The van der Waals surface area contributed by atoms with Crippen LogP contribution in [0.4, 0.5) is 10.5 Å². The van der Waals surface area contributed by atoms with Crippen LogP contribution in [0.15, 0.2) is 34.9 Å². The van der Waals surface area contributed by atoms with Gasteiger partial charge in [-0.05, 0) is 19.4 Å². The lowest BCUT2D eigenvalue weighted by Gasteiger charge is -2.06.